The van der Waals surface area contributed by atoms with Crippen molar-refractivity contribution in [1.29, 1.82) is 0 Å². The predicted octanol–water partition coefficient (Wildman–Crippen LogP) is 5.87. The largest absolute Gasteiger partial charge is 0.484 e. The van der Waals surface area contributed by atoms with Gasteiger partial charge in [0.05, 0.1) is 11.4 Å². The number of ether oxygens (including phenoxy) is 1. The fraction of sp³-hybridized carbons (Fsp3) is 0.179. The average molecular weight is 487 g/mol. The first-order valence-corrected chi connectivity index (χ1v) is 12.0. The molecule has 0 atom stereocenters. The molecule has 1 aliphatic heterocycles. The molecule has 0 bridgehead atoms. The van der Waals surface area contributed by atoms with Crippen LogP contribution in [0.25, 0.3) is 6.08 Å². The van der Waals surface area contributed by atoms with Gasteiger partial charge in [0.1, 0.15) is 5.75 Å². The number of hydrogen-bond acceptors (Lipinski definition) is 5. The minimum Gasteiger partial charge on any atom is -0.484 e. The number of hydrogen-bond donors (Lipinski definition) is 1. The van der Waals surface area contributed by atoms with E-state index in [2.05, 4.69) is 5.32 Å². The van der Waals surface area contributed by atoms with Gasteiger partial charge in [-0.05, 0) is 84.6 Å². The molecule has 178 valence electrons. The lowest BCUT2D eigenvalue weighted by molar-refractivity contribution is -0.123. The van der Waals surface area contributed by atoms with Crippen molar-refractivity contribution in [2.24, 2.45) is 0 Å². The summed E-state index contributed by atoms with van der Waals surface area (Å²) < 4.78 is 5.60. The lowest BCUT2D eigenvalue weighted by Gasteiger charge is -2.14. The molecule has 1 fully saturated rings. The number of nitrogens with zero attached hydrogens (tertiary/aromatic N) is 1. The lowest BCUT2D eigenvalue weighted by atomic mass is 10.1. The van der Waals surface area contributed by atoms with Crippen LogP contribution in [0.2, 0.25) is 0 Å². The predicted molar refractivity (Wildman–Crippen MR) is 139 cm³/mol. The van der Waals surface area contributed by atoms with Crippen LogP contribution in [-0.4, -0.2) is 28.6 Å². The number of thioether (sulfide) groups is 1. The highest BCUT2D eigenvalue weighted by Gasteiger charge is 2.35. The SMILES string of the molecule is Cc1ccc(C)c(NC(=O)COc2ccc(/C=C3\SC(=O)N(Cc4ccccc4C)C3=O)cc2)c1. The third-order valence-electron chi connectivity index (χ3n) is 5.68. The summed E-state index contributed by atoms with van der Waals surface area (Å²) >= 11 is 0.937. The molecule has 0 unspecified atom stereocenters. The van der Waals surface area contributed by atoms with E-state index < -0.39 is 0 Å². The van der Waals surface area contributed by atoms with Gasteiger partial charge in [-0.25, -0.2) is 0 Å². The van der Waals surface area contributed by atoms with Crippen molar-refractivity contribution in [3.8, 4) is 5.75 Å². The average Bonchev–Trinajstić information content (AvgIpc) is 3.09. The minimum absolute atomic E-state index is 0.121. The van der Waals surface area contributed by atoms with Gasteiger partial charge in [0, 0.05) is 5.69 Å². The lowest BCUT2D eigenvalue weighted by Crippen LogP contribution is -2.27. The molecule has 7 heteroatoms. The Kier molecular flexibility index (Phi) is 7.36. The molecule has 0 radical (unpaired) electrons. The maximum Gasteiger partial charge on any atom is 0.293 e. The van der Waals surface area contributed by atoms with Gasteiger partial charge in [0.2, 0.25) is 0 Å². The molecule has 3 aromatic carbocycles. The van der Waals surface area contributed by atoms with Crippen LogP contribution in [0.4, 0.5) is 10.5 Å². The first-order chi connectivity index (χ1) is 16.8. The number of nitrogens with one attached hydrogen (secondary N) is 1. The molecule has 1 heterocycles. The van der Waals surface area contributed by atoms with E-state index in [1.54, 1.807) is 30.3 Å². The quantitative estimate of drug-likeness (QED) is 0.423. The molecule has 1 aliphatic rings. The highest BCUT2D eigenvalue weighted by atomic mass is 32.2. The zero-order valence-corrected chi connectivity index (χ0v) is 20.6. The Bertz CT molecular complexity index is 1310. The molecule has 0 spiro atoms. The van der Waals surface area contributed by atoms with Gasteiger partial charge in [-0.3, -0.25) is 19.3 Å². The first-order valence-electron chi connectivity index (χ1n) is 11.2. The maximum absolute atomic E-state index is 12.8. The number of amides is 3. The normalized spacial score (nSPS) is 14.5. The second-order valence-corrected chi connectivity index (χ2v) is 9.41. The summed E-state index contributed by atoms with van der Waals surface area (Å²) in [7, 11) is 0. The summed E-state index contributed by atoms with van der Waals surface area (Å²) in [5.41, 5.74) is 5.56. The van der Waals surface area contributed by atoms with Crippen LogP contribution in [0.3, 0.4) is 0 Å². The van der Waals surface area contributed by atoms with E-state index in [-0.39, 0.29) is 30.2 Å². The van der Waals surface area contributed by atoms with Gasteiger partial charge in [0.15, 0.2) is 6.61 Å². The molecular formula is C28H26N2O4S. The zero-order valence-electron chi connectivity index (χ0n) is 19.8. The first kappa shape index (κ1) is 24.3. The highest BCUT2D eigenvalue weighted by Crippen LogP contribution is 2.33. The standard InChI is InChI=1S/C28H26N2O4S/c1-18-8-9-20(3)24(14-18)29-26(31)17-34-23-12-10-21(11-13-23)15-25-27(32)30(28(33)35-25)16-22-7-5-4-6-19(22)2/h4-15H,16-17H2,1-3H3,(H,29,31)/b25-15-. The summed E-state index contributed by atoms with van der Waals surface area (Å²) in [6.45, 7) is 6.00. The van der Waals surface area contributed by atoms with Gasteiger partial charge < -0.3 is 10.1 Å². The number of anilines is 1. The molecule has 1 N–H and O–H groups in total. The maximum atomic E-state index is 12.8. The van der Waals surface area contributed by atoms with Crippen molar-refractivity contribution in [3.05, 3.63) is 99.5 Å². The number of benzene rings is 3. The van der Waals surface area contributed by atoms with Crippen LogP contribution in [0, 0.1) is 20.8 Å². The van der Waals surface area contributed by atoms with E-state index >= 15 is 0 Å². The van der Waals surface area contributed by atoms with Gasteiger partial charge in [-0.2, -0.15) is 0 Å². The van der Waals surface area contributed by atoms with E-state index in [9.17, 15) is 14.4 Å². The zero-order chi connectivity index (χ0) is 24.9. The van der Waals surface area contributed by atoms with Gasteiger partial charge in [-0.1, -0.05) is 48.5 Å². The summed E-state index contributed by atoms with van der Waals surface area (Å²) in [4.78, 5) is 39.2. The molecule has 1 saturated heterocycles. The Morgan fingerprint density at radius 2 is 1.71 bits per heavy atom. The Morgan fingerprint density at radius 3 is 2.46 bits per heavy atom. The van der Waals surface area contributed by atoms with Gasteiger partial charge >= 0.3 is 0 Å². The molecule has 4 rings (SSSR count). The van der Waals surface area contributed by atoms with Crippen LogP contribution in [0.1, 0.15) is 27.8 Å². The molecule has 0 aromatic heterocycles. The third kappa shape index (κ3) is 6.00. The summed E-state index contributed by atoms with van der Waals surface area (Å²) in [6, 6.07) is 20.6. The number of rotatable bonds is 7. The topological polar surface area (TPSA) is 75.7 Å². The van der Waals surface area contributed by atoms with Crippen molar-refractivity contribution >= 4 is 40.6 Å². The van der Waals surface area contributed by atoms with E-state index in [1.807, 2.05) is 63.2 Å². The Morgan fingerprint density at radius 1 is 0.971 bits per heavy atom. The van der Waals surface area contributed by atoms with Crippen LogP contribution < -0.4 is 10.1 Å². The highest BCUT2D eigenvalue weighted by molar-refractivity contribution is 8.18. The van der Waals surface area contributed by atoms with E-state index in [1.165, 1.54) is 4.90 Å². The molecule has 3 amide bonds. The Hall–Kier alpha value is -3.84. The fourth-order valence-corrected chi connectivity index (χ4v) is 4.45. The molecule has 3 aromatic rings. The Labute approximate surface area is 209 Å². The number of carbonyl (C=O) groups is 3. The molecule has 6 nitrogen and oxygen atoms in total. The van der Waals surface area contributed by atoms with Crippen LogP contribution in [-0.2, 0) is 16.1 Å². The fourth-order valence-electron chi connectivity index (χ4n) is 3.61. The third-order valence-corrected chi connectivity index (χ3v) is 6.59. The molecular weight excluding hydrogens is 460 g/mol. The van der Waals surface area contributed by atoms with Crippen LogP contribution in [0.5, 0.6) is 5.75 Å². The number of aryl methyl sites for hydroxylation is 3. The minimum atomic E-state index is -0.299. The monoisotopic (exact) mass is 486 g/mol. The summed E-state index contributed by atoms with van der Waals surface area (Å²) in [5, 5.41) is 2.59. The summed E-state index contributed by atoms with van der Waals surface area (Å²) in [6.07, 6.45) is 1.69. The van der Waals surface area contributed by atoms with E-state index in [4.69, 9.17) is 4.74 Å². The smallest absolute Gasteiger partial charge is 0.293 e. The van der Waals surface area contributed by atoms with Crippen molar-refractivity contribution in [1.82, 2.24) is 4.90 Å². The van der Waals surface area contributed by atoms with Crippen molar-refractivity contribution in [2.75, 3.05) is 11.9 Å². The molecule has 0 aliphatic carbocycles. The second-order valence-electron chi connectivity index (χ2n) is 8.42. The van der Waals surface area contributed by atoms with Crippen molar-refractivity contribution in [3.63, 3.8) is 0 Å². The molecule has 0 saturated carbocycles. The molecule has 35 heavy (non-hydrogen) atoms. The van der Waals surface area contributed by atoms with Crippen LogP contribution >= 0.6 is 11.8 Å². The van der Waals surface area contributed by atoms with Crippen LogP contribution in [0.15, 0.2) is 71.6 Å². The van der Waals surface area contributed by atoms with Gasteiger partial charge in [-0.15, -0.1) is 0 Å². The van der Waals surface area contributed by atoms with Crippen molar-refractivity contribution in [2.45, 2.75) is 27.3 Å². The van der Waals surface area contributed by atoms with E-state index in [0.29, 0.717) is 10.7 Å². The van der Waals surface area contributed by atoms with Gasteiger partial charge in [0.25, 0.3) is 17.1 Å². The number of carbonyl (C=O) groups excluding carboxylic acids is 3. The Balaban J connectivity index is 1.35. The second kappa shape index (κ2) is 10.6. The van der Waals surface area contributed by atoms with E-state index in [0.717, 1.165) is 45.3 Å². The number of imide groups is 1. The van der Waals surface area contributed by atoms with Crippen molar-refractivity contribution < 1.29 is 19.1 Å². The summed E-state index contributed by atoms with van der Waals surface area (Å²) in [5.74, 6) is -0.0114.